The summed E-state index contributed by atoms with van der Waals surface area (Å²) >= 11 is 2.57. The molecule has 0 radical (unpaired) electrons. The van der Waals surface area contributed by atoms with Crippen molar-refractivity contribution in [3.63, 3.8) is 0 Å². The van der Waals surface area contributed by atoms with Crippen LogP contribution in [0.15, 0.2) is 45.9 Å². The normalized spacial score (nSPS) is 17.2. The van der Waals surface area contributed by atoms with Crippen LogP contribution < -0.4 is 10.2 Å². The molecule has 1 aromatic carbocycles. The SMILES string of the molecule is O=C(Cc1ccc(Sc2nc(Nc3nncs3)cc(N3CC(F)(C4CC4)C3)n2)cc1)CC(F)(F)F. The zero-order chi connectivity index (χ0) is 24.6. The molecule has 1 saturated carbocycles. The highest BCUT2D eigenvalue weighted by molar-refractivity contribution is 7.99. The number of hydrogen-bond donors (Lipinski definition) is 1. The van der Waals surface area contributed by atoms with Gasteiger partial charge in [0.1, 0.15) is 35.0 Å². The van der Waals surface area contributed by atoms with Gasteiger partial charge < -0.3 is 10.2 Å². The van der Waals surface area contributed by atoms with Crippen molar-refractivity contribution < 1.29 is 22.4 Å². The summed E-state index contributed by atoms with van der Waals surface area (Å²) in [5, 5.41) is 11.8. The molecule has 5 rings (SSSR count). The maximum absolute atomic E-state index is 14.9. The summed E-state index contributed by atoms with van der Waals surface area (Å²) in [6.07, 6.45) is -4.38. The van der Waals surface area contributed by atoms with Crippen LogP contribution in [0.25, 0.3) is 0 Å². The summed E-state index contributed by atoms with van der Waals surface area (Å²) in [4.78, 5) is 23.3. The van der Waals surface area contributed by atoms with E-state index in [2.05, 4.69) is 25.5 Å². The lowest BCUT2D eigenvalue weighted by atomic mass is 9.91. The van der Waals surface area contributed by atoms with Crippen LogP contribution in [0.3, 0.4) is 0 Å². The van der Waals surface area contributed by atoms with E-state index in [4.69, 9.17) is 0 Å². The molecule has 3 aromatic rings. The van der Waals surface area contributed by atoms with Crippen molar-refractivity contribution in [3.05, 3.63) is 41.4 Å². The van der Waals surface area contributed by atoms with Gasteiger partial charge in [-0.3, -0.25) is 4.79 Å². The lowest BCUT2D eigenvalue weighted by Gasteiger charge is -2.45. The monoisotopic (exact) mass is 524 g/mol. The molecular weight excluding hydrogens is 504 g/mol. The van der Waals surface area contributed by atoms with Crippen LogP contribution in [-0.4, -0.2) is 50.9 Å². The molecule has 0 amide bonds. The molecule has 2 aliphatic rings. The number of ketones is 1. The number of Topliss-reactive ketones (excluding diaryl/α,β-unsaturated/α-hetero) is 1. The molecule has 0 unspecified atom stereocenters. The van der Waals surface area contributed by atoms with Gasteiger partial charge in [-0.15, -0.1) is 10.2 Å². The minimum Gasteiger partial charge on any atom is -0.350 e. The standard InChI is InChI=1S/C22H20F4N6OS2/c23-21(14-3-4-14)10-32(11-21)18-8-17(29-20-31-27-12-34-20)28-19(30-18)35-16-5-1-13(2-6-16)7-15(33)9-22(24,25)26/h1-2,5-6,8,12,14H,3-4,7,9-11H2,(H,28,29,30,31). The Balaban J connectivity index is 1.30. The van der Waals surface area contributed by atoms with Gasteiger partial charge in [0.05, 0.1) is 13.1 Å². The van der Waals surface area contributed by atoms with Crippen LogP contribution in [-0.2, 0) is 11.2 Å². The first-order valence-electron chi connectivity index (χ1n) is 10.9. The van der Waals surface area contributed by atoms with Crippen molar-refractivity contribution in [2.45, 2.75) is 47.6 Å². The van der Waals surface area contributed by atoms with Gasteiger partial charge in [0.2, 0.25) is 5.13 Å². The molecule has 7 nitrogen and oxygen atoms in total. The zero-order valence-corrected chi connectivity index (χ0v) is 19.9. The first kappa shape index (κ1) is 23.9. The van der Waals surface area contributed by atoms with Crippen molar-refractivity contribution in [1.82, 2.24) is 20.2 Å². The van der Waals surface area contributed by atoms with Gasteiger partial charge in [0, 0.05) is 17.4 Å². The van der Waals surface area contributed by atoms with Crippen LogP contribution in [0.1, 0.15) is 24.8 Å². The van der Waals surface area contributed by atoms with E-state index in [9.17, 15) is 22.4 Å². The van der Waals surface area contributed by atoms with Gasteiger partial charge in [0.25, 0.3) is 0 Å². The fourth-order valence-corrected chi connectivity index (χ4v) is 5.14. The predicted molar refractivity (Wildman–Crippen MR) is 124 cm³/mol. The van der Waals surface area contributed by atoms with E-state index in [1.165, 1.54) is 23.1 Å². The van der Waals surface area contributed by atoms with E-state index < -0.39 is 24.0 Å². The molecule has 1 aliphatic heterocycles. The molecule has 2 fully saturated rings. The van der Waals surface area contributed by atoms with Gasteiger partial charge in [-0.2, -0.15) is 13.2 Å². The molecule has 1 N–H and O–H groups in total. The number of anilines is 3. The Hall–Kier alpha value is -2.80. The third-order valence-electron chi connectivity index (χ3n) is 5.76. The third-order valence-corrected chi connectivity index (χ3v) is 7.24. The van der Waals surface area contributed by atoms with Gasteiger partial charge >= 0.3 is 6.18 Å². The van der Waals surface area contributed by atoms with E-state index in [-0.39, 0.29) is 25.4 Å². The van der Waals surface area contributed by atoms with E-state index in [0.717, 1.165) is 17.7 Å². The fourth-order valence-electron chi connectivity index (χ4n) is 3.93. The van der Waals surface area contributed by atoms with Crippen LogP contribution in [0.2, 0.25) is 0 Å². The Labute approximate surface area is 206 Å². The summed E-state index contributed by atoms with van der Waals surface area (Å²) in [6.45, 7) is 0.579. The zero-order valence-electron chi connectivity index (χ0n) is 18.3. The largest absolute Gasteiger partial charge is 0.395 e. The number of nitrogens with one attached hydrogen (secondary N) is 1. The molecule has 3 heterocycles. The summed E-state index contributed by atoms with van der Waals surface area (Å²) < 4.78 is 52.1. The maximum Gasteiger partial charge on any atom is 0.395 e. The summed E-state index contributed by atoms with van der Waals surface area (Å²) in [7, 11) is 0. The van der Waals surface area contributed by atoms with E-state index in [1.54, 1.807) is 35.8 Å². The van der Waals surface area contributed by atoms with E-state index in [1.807, 2.05) is 4.90 Å². The van der Waals surface area contributed by atoms with Crippen molar-refractivity contribution >= 4 is 45.6 Å². The highest BCUT2D eigenvalue weighted by Gasteiger charge is 2.54. The fraction of sp³-hybridized carbons (Fsp3) is 0.409. The summed E-state index contributed by atoms with van der Waals surface area (Å²) in [6, 6.07) is 8.39. The summed E-state index contributed by atoms with van der Waals surface area (Å²) in [5.41, 5.74) is 0.922. The molecule has 35 heavy (non-hydrogen) atoms. The first-order chi connectivity index (χ1) is 16.6. The number of carbonyl (C=O) groups excluding carboxylic acids is 1. The minimum absolute atomic E-state index is 0.134. The Morgan fingerprint density at radius 3 is 2.57 bits per heavy atom. The van der Waals surface area contributed by atoms with Crippen LogP contribution in [0.5, 0.6) is 0 Å². The van der Waals surface area contributed by atoms with Crippen molar-refractivity contribution in [2.24, 2.45) is 5.92 Å². The van der Waals surface area contributed by atoms with Gasteiger partial charge in [-0.1, -0.05) is 23.5 Å². The van der Waals surface area contributed by atoms with E-state index in [0.29, 0.717) is 27.5 Å². The second-order valence-electron chi connectivity index (χ2n) is 8.68. The van der Waals surface area contributed by atoms with Gasteiger partial charge in [-0.25, -0.2) is 14.4 Å². The number of hydrogen-bond acceptors (Lipinski definition) is 9. The second kappa shape index (κ2) is 9.34. The number of benzene rings is 1. The molecule has 1 saturated heterocycles. The average molecular weight is 525 g/mol. The minimum atomic E-state index is -4.51. The number of carbonyl (C=O) groups is 1. The number of nitrogens with zero attached hydrogens (tertiary/aromatic N) is 5. The topological polar surface area (TPSA) is 83.9 Å². The molecule has 184 valence electrons. The van der Waals surface area contributed by atoms with Gasteiger partial charge in [-0.05, 0) is 48.2 Å². The Morgan fingerprint density at radius 1 is 1.20 bits per heavy atom. The maximum atomic E-state index is 14.9. The second-order valence-corrected chi connectivity index (χ2v) is 10.6. The number of rotatable bonds is 9. The highest BCUT2D eigenvalue weighted by atomic mass is 32.2. The number of aromatic nitrogens is 4. The molecule has 0 bridgehead atoms. The average Bonchev–Trinajstić information content (AvgIpc) is 3.49. The third kappa shape index (κ3) is 6.07. The number of halogens is 4. The molecule has 0 spiro atoms. The van der Waals surface area contributed by atoms with Crippen molar-refractivity contribution in [2.75, 3.05) is 23.3 Å². The first-order valence-corrected chi connectivity index (χ1v) is 12.6. The quantitative estimate of drug-likeness (QED) is 0.301. The van der Waals surface area contributed by atoms with Crippen LogP contribution in [0.4, 0.5) is 34.3 Å². The van der Waals surface area contributed by atoms with Crippen molar-refractivity contribution in [1.29, 1.82) is 0 Å². The predicted octanol–water partition coefficient (Wildman–Crippen LogP) is 5.23. The lowest BCUT2D eigenvalue weighted by Crippen LogP contribution is -2.60. The highest BCUT2D eigenvalue weighted by Crippen LogP contribution is 2.48. The van der Waals surface area contributed by atoms with Crippen LogP contribution in [0, 0.1) is 5.92 Å². The Morgan fingerprint density at radius 2 is 1.94 bits per heavy atom. The molecule has 1 aliphatic carbocycles. The van der Waals surface area contributed by atoms with Crippen LogP contribution >= 0.6 is 23.1 Å². The number of alkyl halides is 4. The molecule has 2 aromatic heterocycles. The summed E-state index contributed by atoms with van der Waals surface area (Å²) in [5.74, 6) is 0.338. The smallest absolute Gasteiger partial charge is 0.350 e. The van der Waals surface area contributed by atoms with Crippen molar-refractivity contribution in [3.8, 4) is 0 Å². The molecule has 13 heteroatoms. The molecular formula is C22H20F4N6OS2. The Kier molecular flexibility index (Phi) is 6.38. The van der Waals surface area contributed by atoms with Gasteiger partial charge in [0.15, 0.2) is 5.16 Å². The van der Waals surface area contributed by atoms with E-state index >= 15 is 0 Å². The lowest BCUT2D eigenvalue weighted by molar-refractivity contribution is -0.151. The Bertz CT molecular complexity index is 1200. The molecule has 0 atom stereocenters.